The van der Waals surface area contributed by atoms with Crippen LogP contribution in [0.4, 0.5) is 0 Å². The van der Waals surface area contributed by atoms with E-state index in [0.29, 0.717) is 5.82 Å². The summed E-state index contributed by atoms with van der Waals surface area (Å²) in [7, 11) is 0. The van der Waals surface area contributed by atoms with Crippen molar-refractivity contribution in [2.45, 2.75) is 0 Å². The first kappa shape index (κ1) is 35.1. The summed E-state index contributed by atoms with van der Waals surface area (Å²) < 4.78 is 0. The van der Waals surface area contributed by atoms with E-state index in [4.69, 9.17) is 9.97 Å². The summed E-state index contributed by atoms with van der Waals surface area (Å²) in [5.41, 5.74) is 9.16. The van der Waals surface area contributed by atoms with E-state index in [1.54, 1.807) is 0 Å². The number of hydrogen-bond acceptors (Lipinski definition) is 4. The maximum absolute atomic E-state index is 5.33. The smallest absolute Gasteiger partial charge is 0.160 e. The van der Waals surface area contributed by atoms with Crippen LogP contribution >= 0.6 is 0 Å². The van der Waals surface area contributed by atoms with Crippen molar-refractivity contribution in [2.24, 2.45) is 0 Å². The molecule has 3 aromatic heterocycles. The highest BCUT2D eigenvalue weighted by molar-refractivity contribution is 6.26. The van der Waals surface area contributed by atoms with Crippen molar-refractivity contribution in [3.05, 3.63) is 219 Å². The SMILES string of the molecule is c1ccc2c(c1)c1ccccc1c1ccccc1c1cc(-c3nc(-c4ccc(-c5ccncc5)cc4)cc(-c4ccc(-c5ccncc5)cc4)n3)ccc1c1ccccc21. The van der Waals surface area contributed by atoms with Crippen LogP contribution in [-0.2, 0) is 0 Å². The van der Waals surface area contributed by atoms with E-state index in [1.165, 1.54) is 37.7 Å². The van der Waals surface area contributed by atoms with Crippen LogP contribution in [0.3, 0.4) is 0 Å². The number of aromatic nitrogens is 4. The Bertz CT molecular complexity index is 3280. The molecule has 60 heavy (non-hydrogen) atoms. The van der Waals surface area contributed by atoms with Crippen molar-refractivity contribution in [1.82, 2.24) is 19.9 Å². The van der Waals surface area contributed by atoms with Crippen LogP contribution in [0.25, 0.3) is 110 Å². The Morgan fingerprint density at radius 2 is 0.500 bits per heavy atom. The summed E-state index contributed by atoms with van der Waals surface area (Å²) in [5.74, 6) is 0.662. The van der Waals surface area contributed by atoms with Crippen molar-refractivity contribution in [2.75, 3.05) is 0 Å². The van der Waals surface area contributed by atoms with Gasteiger partial charge in [-0.3, -0.25) is 9.97 Å². The van der Waals surface area contributed by atoms with Gasteiger partial charge in [-0.05, 0) is 113 Å². The molecule has 0 spiro atoms. The third kappa shape index (κ3) is 6.37. The molecule has 0 fully saturated rings. The Morgan fingerprint density at radius 3 is 0.867 bits per heavy atom. The minimum absolute atomic E-state index is 0.662. The summed E-state index contributed by atoms with van der Waals surface area (Å²) in [4.78, 5) is 19.1. The first-order chi connectivity index (χ1) is 29.7. The number of nitrogens with zero attached hydrogens (tertiary/aromatic N) is 4. The van der Waals surface area contributed by atoms with E-state index in [1.807, 2.05) is 49.1 Å². The van der Waals surface area contributed by atoms with E-state index in [9.17, 15) is 0 Å². The minimum Gasteiger partial charge on any atom is -0.265 e. The molecule has 4 heteroatoms. The quantitative estimate of drug-likeness (QED) is 0.175. The summed E-state index contributed by atoms with van der Waals surface area (Å²) in [6.45, 7) is 0. The van der Waals surface area contributed by atoms with Gasteiger partial charge in [0.15, 0.2) is 5.82 Å². The van der Waals surface area contributed by atoms with Crippen LogP contribution in [-0.4, -0.2) is 19.9 Å². The van der Waals surface area contributed by atoms with Crippen LogP contribution in [0, 0.1) is 0 Å². The van der Waals surface area contributed by atoms with Gasteiger partial charge >= 0.3 is 0 Å². The van der Waals surface area contributed by atoms with E-state index in [0.717, 1.165) is 66.5 Å². The number of pyridine rings is 2. The average molecular weight is 765 g/mol. The van der Waals surface area contributed by atoms with Gasteiger partial charge in [-0.15, -0.1) is 0 Å². The zero-order valence-corrected chi connectivity index (χ0v) is 32.6. The zero-order valence-electron chi connectivity index (χ0n) is 32.6. The van der Waals surface area contributed by atoms with Crippen LogP contribution in [0.1, 0.15) is 0 Å². The van der Waals surface area contributed by atoms with Crippen LogP contribution < -0.4 is 0 Å². The molecule has 11 rings (SSSR count). The predicted octanol–water partition coefficient (Wildman–Crippen LogP) is 14.5. The molecule has 8 aromatic carbocycles. The van der Waals surface area contributed by atoms with Crippen LogP contribution in [0.2, 0.25) is 0 Å². The lowest BCUT2D eigenvalue weighted by atomic mass is 9.93. The van der Waals surface area contributed by atoms with Gasteiger partial charge in [0.2, 0.25) is 0 Å². The molecular weight excluding hydrogens is 729 g/mol. The second-order valence-corrected chi connectivity index (χ2v) is 15.0. The largest absolute Gasteiger partial charge is 0.265 e. The Balaban J connectivity index is 1.18. The molecule has 0 atom stereocenters. The Kier molecular flexibility index (Phi) is 8.79. The third-order valence-electron chi connectivity index (χ3n) is 11.6. The van der Waals surface area contributed by atoms with Gasteiger partial charge in [0, 0.05) is 41.5 Å². The van der Waals surface area contributed by atoms with Gasteiger partial charge in [-0.1, -0.05) is 158 Å². The van der Waals surface area contributed by atoms with Gasteiger partial charge in [0.1, 0.15) is 0 Å². The fourth-order valence-electron chi connectivity index (χ4n) is 8.58. The molecule has 11 aromatic rings. The van der Waals surface area contributed by atoms with Crippen LogP contribution in [0.5, 0.6) is 0 Å². The van der Waals surface area contributed by atoms with Crippen LogP contribution in [0.15, 0.2) is 219 Å². The van der Waals surface area contributed by atoms with E-state index in [2.05, 4.69) is 180 Å². The molecule has 0 N–H and O–H groups in total. The fourth-order valence-corrected chi connectivity index (χ4v) is 8.58. The minimum atomic E-state index is 0.662. The number of fused-ring (bicyclic) bond motifs is 10. The van der Waals surface area contributed by atoms with Gasteiger partial charge in [0.25, 0.3) is 0 Å². The van der Waals surface area contributed by atoms with E-state index in [-0.39, 0.29) is 0 Å². The molecule has 4 nitrogen and oxygen atoms in total. The highest BCUT2D eigenvalue weighted by Crippen LogP contribution is 2.38. The normalized spacial score (nSPS) is 11.3. The number of hydrogen-bond donors (Lipinski definition) is 0. The van der Waals surface area contributed by atoms with Crippen molar-refractivity contribution in [1.29, 1.82) is 0 Å². The highest BCUT2D eigenvalue weighted by atomic mass is 14.9. The summed E-state index contributed by atoms with van der Waals surface area (Å²) in [5, 5.41) is 11.8. The molecule has 0 radical (unpaired) electrons. The molecule has 0 aliphatic heterocycles. The second kappa shape index (κ2) is 15.0. The first-order valence-corrected chi connectivity index (χ1v) is 20.2. The second-order valence-electron chi connectivity index (χ2n) is 15.0. The maximum Gasteiger partial charge on any atom is 0.160 e. The third-order valence-corrected chi connectivity index (χ3v) is 11.6. The number of rotatable bonds is 5. The number of benzene rings is 7. The molecule has 0 saturated carbocycles. The monoisotopic (exact) mass is 764 g/mol. The Labute approximate surface area is 347 Å². The molecule has 0 amide bonds. The van der Waals surface area contributed by atoms with Gasteiger partial charge < -0.3 is 0 Å². The highest BCUT2D eigenvalue weighted by Gasteiger charge is 2.14. The Morgan fingerprint density at radius 1 is 0.217 bits per heavy atom. The molecular formula is C56H36N4. The predicted molar refractivity (Wildman–Crippen MR) is 250 cm³/mol. The fraction of sp³-hybridized carbons (Fsp3) is 0. The van der Waals surface area contributed by atoms with Crippen molar-refractivity contribution < 1.29 is 0 Å². The van der Waals surface area contributed by atoms with Gasteiger partial charge in [0.05, 0.1) is 11.4 Å². The molecule has 0 saturated heterocycles. The van der Waals surface area contributed by atoms with Crippen molar-refractivity contribution >= 4 is 53.9 Å². The zero-order chi connectivity index (χ0) is 39.8. The van der Waals surface area contributed by atoms with Gasteiger partial charge in [-0.25, -0.2) is 9.97 Å². The lowest BCUT2D eigenvalue weighted by molar-refractivity contribution is 1.18. The average Bonchev–Trinajstić information content (AvgIpc) is 3.34. The summed E-state index contributed by atoms with van der Waals surface area (Å²) >= 11 is 0. The van der Waals surface area contributed by atoms with E-state index < -0.39 is 0 Å². The molecule has 0 aliphatic carbocycles. The van der Waals surface area contributed by atoms with Crippen molar-refractivity contribution in [3.8, 4) is 56.2 Å². The molecule has 3 heterocycles. The first-order valence-electron chi connectivity index (χ1n) is 20.2. The van der Waals surface area contributed by atoms with Gasteiger partial charge in [-0.2, -0.15) is 0 Å². The molecule has 0 aliphatic rings. The maximum atomic E-state index is 5.33. The summed E-state index contributed by atoms with van der Waals surface area (Å²) in [6, 6.07) is 69.3. The molecule has 0 unspecified atom stereocenters. The lowest BCUT2D eigenvalue weighted by Gasteiger charge is -2.13. The summed E-state index contributed by atoms with van der Waals surface area (Å²) in [6.07, 6.45) is 7.30. The van der Waals surface area contributed by atoms with E-state index >= 15 is 0 Å². The lowest BCUT2D eigenvalue weighted by Crippen LogP contribution is -1.96. The Hall–Kier alpha value is -8.08. The standard InChI is InChI=1S/C56H36N4/c1-2-11-46-44(9-1)45-10-3-4-12-47(45)49-14-7-8-16-51(49)53-35-43(25-26-52(53)50-15-6-5-13-48(46)50)56-59-54(41-21-17-37(18-22-41)39-27-31-57-32-28-39)36-55(60-56)42-23-19-38(20-24-42)40-29-33-58-34-30-40/h1-36H. The van der Waals surface area contributed by atoms with Crippen molar-refractivity contribution in [3.63, 3.8) is 0 Å². The molecule has 280 valence electrons. The topological polar surface area (TPSA) is 51.6 Å². The molecule has 0 bridgehead atoms.